The van der Waals surface area contributed by atoms with Crippen molar-refractivity contribution in [1.82, 2.24) is 4.90 Å². The Morgan fingerprint density at radius 1 is 1.22 bits per heavy atom. The van der Waals surface area contributed by atoms with E-state index in [9.17, 15) is 0 Å². The maximum Gasteiger partial charge on any atom is 0.0461 e. The highest BCUT2D eigenvalue weighted by Crippen LogP contribution is 2.27. The molecule has 100 valence electrons. The molecule has 0 unspecified atom stereocenters. The topological polar surface area (TPSA) is 29.3 Å². The summed E-state index contributed by atoms with van der Waals surface area (Å²) in [4.78, 5) is 2.49. The molecule has 1 aromatic rings. The Hall–Kier alpha value is -0.540. The molecule has 0 bridgehead atoms. The van der Waals surface area contributed by atoms with Crippen molar-refractivity contribution in [1.29, 1.82) is 0 Å². The molecular weight excluding hydrogens is 288 g/mol. The van der Waals surface area contributed by atoms with Crippen molar-refractivity contribution in [3.05, 3.63) is 28.2 Å². The number of hydrogen-bond acceptors (Lipinski definition) is 2. The third kappa shape index (κ3) is 3.48. The van der Waals surface area contributed by atoms with Crippen LogP contribution in [0.5, 0.6) is 0 Å². The molecule has 0 atom stereocenters. The van der Waals surface area contributed by atoms with Crippen LogP contribution in [0.3, 0.4) is 0 Å². The van der Waals surface area contributed by atoms with Gasteiger partial charge in [-0.25, -0.2) is 0 Å². The van der Waals surface area contributed by atoms with E-state index in [0.717, 1.165) is 22.7 Å². The lowest BCUT2D eigenvalue weighted by molar-refractivity contribution is 0.213. The van der Waals surface area contributed by atoms with Crippen LogP contribution in [0.1, 0.15) is 44.1 Å². The summed E-state index contributed by atoms with van der Waals surface area (Å²) in [5.41, 5.74) is 8.06. The van der Waals surface area contributed by atoms with Gasteiger partial charge in [0.05, 0.1) is 0 Å². The first kappa shape index (κ1) is 13.9. The minimum Gasteiger partial charge on any atom is -0.398 e. The predicted molar refractivity (Wildman–Crippen MR) is 81.5 cm³/mol. The molecule has 0 spiro atoms. The second-order valence-electron chi connectivity index (χ2n) is 5.38. The first-order valence-corrected chi connectivity index (χ1v) is 7.71. The van der Waals surface area contributed by atoms with Crippen LogP contribution < -0.4 is 5.73 Å². The Kier molecular flexibility index (Phi) is 5.07. The van der Waals surface area contributed by atoms with Crippen LogP contribution in [0.2, 0.25) is 0 Å². The lowest BCUT2D eigenvalue weighted by atomic mass is 10.1. The van der Waals surface area contributed by atoms with Gasteiger partial charge in [0.15, 0.2) is 0 Å². The Balaban J connectivity index is 2.01. The first-order valence-electron chi connectivity index (χ1n) is 6.91. The molecule has 1 aliphatic carbocycles. The van der Waals surface area contributed by atoms with Gasteiger partial charge in [0, 0.05) is 22.7 Å². The van der Waals surface area contributed by atoms with E-state index in [4.69, 9.17) is 5.73 Å². The summed E-state index contributed by atoms with van der Waals surface area (Å²) < 4.78 is 1.06. The molecule has 2 nitrogen and oxygen atoms in total. The average Bonchev–Trinajstić information content (AvgIpc) is 2.63. The molecule has 0 saturated heterocycles. The smallest absolute Gasteiger partial charge is 0.0461 e. The number of anilines is 1. The summed E-state index contributed by atoms with van der Waals surface area (Å²) >= 11 is 3.60. The summed E-state index contributed by atoms with van der Waals surface area (Å²) in [5.74, 6) is 0. The fraction of sp³-hybridized carbons (Fsp3) is 0.600. The molecule has 1 saturated carbocycles. The van der Waals surface area contributed by atoms with E-state index in [0.29, 0.717) is 0 Å². The van der Waals surface area contributed by atoms with Crippen molar-refractivity contribution in [3.63, 3.8) is 0 Å². The molecule has 0 radical (unpaired) electrons. The van der Waals surface area contributed by atoms with E-state index in [2.05, 4.69) is 33.9 Å². The minimum absolute atomic E-state index is 0.737. The van der Waals surface area contributed by atoms with Gasteiger partial charge in [0.1, 0.15) is 0 Å². The lowest BCUT2D eigenvalue weighted by Crippen LogP contribution is -2.30. The van der Waals surface area contributed by atoms with Gasteiger partial charge in [-0.2, -0.15) is 0 Å². The van der Waals surface area contributed by atoms with Crippen molar-refractivity contribution >= 4 is 21.6 Å². The van der Waals surface area contributed by atoms with E-state index >= 15 is 0 Å². The van der Waals surface area contributed by atoms with Gasteiger partial charge in [-0.05, 0) is 47.4 Å². The Morgan fingerprint density at radius 2 is 1.89 bits per heavy atom. The monoisotopic (exact) mass is 310 g/mol. The molecule has 0 aliphatic heterocycles. The second-order valence-corrected chi connectivity index (χ2v) is 6.17. The highest BCUT2D eigenvalue weighted by atomic mass is 79.9. The number of halogens is 1. The van der Waals surface area contributed by atoms with Crippen LogP contribution in [0.15, 0.2) is 22.7 Å². The summed E-state index contributed by atoms with van der Waals surface area (Å²) in [5, 5.41) is 0. The number of hydrogen-bond donors (Lipinski definition) is 1. The third-order valence-corrected chi connectivity index (χ3v) is 4.94. The van der Waals surface area contributed by atoms with Crippen LogP contribution >= 0.6 is 15.9 Å². The fourth-order valence-corrected chi connectivity index (χ4v) is 3.21. The van der Waals surface area contributed by atoms with Crippen molar-refractivity contribution < 1.29 is 0 Å². The molecule has 0 amide bonds. The van der Waals surface area contributed by atoms with Gasteiger partial charge in [-0.15, -0.1) is 0 Å². The molecule has 0 aromatic heterocycles. The van der Waals surface area contributed by atoms with Crippen molar-refractivity contribution in [2.75, 3.05) is 12.8 Å². The predicted octanol–water partition coefficient (Wildman–Crippen LogP) is 4.19. The zero-order chi connectivity index (χ0) is 13.0. The number of benzene rings is 1. The van der Waals surface area contributed by atoms with Gasteiger partial charge in [-0.1, -0.05) is 37.8 Å². The Morgan fingerprint density at radius 3 is 2.56 bits per heavy atom. The second kappa shape index (κ2) is 6.58. The van der Waals surface area contributed by atoms with Crippen LogP contribution in [-0.4, -0.2) is 18.0 Å². The molecular formula is C15H23BrN2. The maximum absolute atomic E-state index is 5.93. The quantitative estimate of drug-likeness (QED) is 0.670. The average molecular weight is 311 g/mol. The van der Waals surface area contributed by atoms with Gasteiger partial charge < -0.3 is 5.73 Å². The number of nitrogens with two attached hydrogens (primary N) is 1. The molecule has 2 rings (SSSR count). The van der Waals surface area contributed by atoms with Crippen molar-refractivity contribution in [3.8, 4) is 0 Å². The fourth-order valence-electron chi connectivity index (χ4n) is 2.82. The number of nitrogens with zero attached hydrogens (tertiary/aromatic N) is 1. The summed E-state index contributed by atoms with van der Waals surface area (Å²) in [6, 6.07) is 6.88. The summed E-state index contributed by atoms with van der Waals surface area (Å²) in [6.45, 7) is 0.982. The normalized spacial score (nSPS) is 17.9. The minimum atomic E-state index is 0.737. The molecule has 1 aromatic carbocycles. The van der Waals surface area contributed by atoms with Gasteiger partial charge >= 0.3 is 0 Å². The van der Waals surface area contributed by atoms with Crippen molar-refractivity contribution in [2.24, 2.45) is 0 Å². The van der Waals surface area contributed by atoms with Crippen LogP contribution in [0.25, 0.3) is 0 Å². The third-order valence-electron chi connectivity index (χ3n) is 3.98. The van der Waals surface area contributed by atoms with Gasteiger partial charge in [0.2, 0.25) is 0 Å². The van der Waals surface area contributed by atoms with Crippen LogP contribution in [0.4, 0.5) is 5.69 Å². The molecule has 1 aliphatic rings. The molecule has 1 fully saturated rings. The lowest BCUT2D eigenvalue weighted by Gasteiger charge is -2.27. The molecule has 18 heavy (non-hydrogen) atoms. The first-order chi connectivity index (χ1) is 8.68. The standard InChI is InChI=1S/C15H23BrN2/c1-18(13-8-4-2-3-5-9-13)11-12-7-6-10-14(17)15(12)16/h6-7,10,13H,2-5,8-9,11,17H2,1H3. The van der Waals surface area contributed by atoms with E-state index in [1.54, 1.807) is 0 Å². The Labute approximate surface area is 119 Å². The van der Waals surface area contributed by atoms with Crippen LogP contribution in [-0.2, 0) is 6.54 Å². The summed E-state index contributed by atoms with van der Waals surface area (Å²) in [7, 11) is 2.24. The SMILES string of the molecule is CN(Cc1cccc(N)c1Br)C1CCCCCC1. The van der Waals surface area contributed by atoms with Gasteiger partial charge in [0.25, 0.3) is 0 Å². The number of rotatable bonds is 3. The van der Waals surface area contributed by atoms with Crippen LogP contribution in [0, 0.1) is 0 Å². The van der Waals surface area contributed by atoms with E-state index in [-0.39, 0.29) is 0 Å². The van der Waals surface area contributed by atoms with Crippen molar-refractivity contribution in [2.45, 2.75) is 51.1 Å². The van der Waals surface area contributed by atoms with E-state index < -0.39 is 0 Å². The van der Waals surface area contributed by atoms with E-state index in [1.165, 1.54) is 44.1 Å². The van der Waals surface area contributed by atoms with Gasteiger partial charge in [-0.3, -0.25) is 4.90 Å². The Bertz CT molecular complexity index is 384. The zero-order valence-corrected chi connectivity index (χ0v) is 12.7. The molecule has 2 N–H and O–H groups in total. The number of nitrogen functional groups attached to an aromatic ring is 1. The van der Waals surface area contributed by atoms with E-state index in [1.807, 2.05) is 12.1 Å². The summed E-state index contributed by atoms with van der Waals surface area (Å²) in [6.07, 6.45) is 8.27. The molecule has 0 heterocycles. The highest BCUT2D eigenvalue weighted by molar-refractivity contribution is 9.10. The highest BCUT2D eigenvalue weighted by Gasteiger charge is 2.17. The maximum atomic E-state index is 5.93. The zero-order valence-electron chi connectivity index (χ0n) is 11.2. The molecule has 3 heteroatoms. The largest absolute Gasteiger partial charge is 0.398 e.